The van der Waals surface area contributed by atoms with E-state index < -0.39 is 6.10 Å². The molecule has 17 heavy (non-hydrogen) atoms. The second kappa shape index (κ2) is 4.81. The number of nitrogens with two attached hydrogens (primary N) is 1. The molecule has 1 aromatic carbocycles. The fourth-order valence-electron chi connectivity index (χ4n) is 2.12. The number of hydrogen-bond donors (Lipinski definition) is 3. The zero-order valence-corrected chi connectivity index (χ0v) is 10.1. The van der Waals surface area contributed by atoms with Crippen molar-refractivity contribution >= 4 is 5.69 Å². The number of nitrogens with one attached hydrogen (secondary N) is 1. The Labute approximate surface area is 101 Å². The Morgan fingerprint density at radius 3 is 2.76 bits per heavy atom. The number of methoxy groups -OCH3 is 2. The first kappa shape index (κ1) is 12.0. The summed E-state index contributed by atoms with van der Waals surface area (Å²) in [6, 6.07) is 3.61. The molecule has 0 aromatic heterocycles. The SMILES string of the molecule is COc1cc(OC)c2c(c1)C(O)C(CN)CN2. The van der Waals surface area contributed by atoms with Crippen LogP contribution in [0.15, 0.2) is 12.1 Å². The summed E-state index contributed by atoms with van der Waals surface area (Å²) in [4.78, 5) is 0. The van der Waals surface area contributed by atoms with Gasteiger partial charge in [-0.1, -0.05) is 0 Å². The van der Waals surface area contributed by atoms with Crippen LogP contribution in [0.5, 0.6) is 11.5 Å². The Morgan fingerprint density at radius 1 is 1.41 bits per heavy atom. The molecule has 1 aliphatic heterocycles. The van der Waals surface area contributed by atoms with E-state index in [1.165, 1.54) is 0 Å². The maximum absolute atomic E-state index is 10.2. The van der Waals surface area contributed by atoms with Gasteiger partial charge in [-0.3, -0.25) is 0 Å². The third-order valence-electron chi connectivity index (χ3n) is 3.17. The molecule has 5 nitrogen and oxygen atoms in total. The molecular formula is C12H18N2O3. The molecule has 0 saturated carbocycles. The van der Waals surface area contributed by atoms with Gasteiger partial charge in [-0.15, -0.1) is 0 Å². The normalized spacial score (nSPS) is 22.6. The van der Waals surface area contributed by atoms with Gasteiger partial charge >= 0.3 is 0 Å². The number of aliphatic hydroxyl groups is 1. The van der Waals surface area contributed by atoms with Crippen molar-refractivity contribution in [2.45, 2.75) is 6.10 Å². The molecule has 2 atom stereocenters. The highest BCUT2D eigenvalue weighted by atomic mass is 16.5. The molecule has 0 radical (unpaired) electrons. The van der Waals surface area contributed by atoms with Crippen molar-refractivity contribution in [2.24, 2.45) is 11.7 Å². The maximum atomic E-state index is 10.2. The van der Waals surface area contributed by atoms with Crippen LogP contribution in [0.25, 0.3) is 0 Å². The van der Waals surface area contributed by atoms with Crippen molar-refractivity contribution in [3.05, 3.63) is 17.7 Å². The molecular weight excluding hydrogens is 220 g/mol. The average Bonchev–Trinajstić information content (AvgIpc) is 2.38. The van der Waals surface area contributed by atoms with Gasteiger partial charge in [0.2, 0.25) is 0 Å². The van der Waals surface area contributed by atoms with E-state index in [1.807, 2.05) is 6.07 Å². The van der Waals surface area contributed by atoms with Gasteiger partial charge in [-0.2, -0.15) is 0 Å². The first-order chi connectivity index (χ1) is 8.21. The second-order valence-corrected chi connectivity index (χ2v) is 4.12. The summed E-state index contributed by atoms with van der Waals surface area (Å²) in [5, 5.41) is 13.5. The van der Waals surface area contributed by atoms with Crippen molar-refractivity contribution in [1.82, 2.24) is 0 Å². The van der Waals surface area contributed by atoms with Gasteiger partial charge in [-0.25, -0.2) is 0 Å². The largest absolute Gasteiger partial charge is 0.497 e. The lowest BCUT2D eigenvalue weighted by Crippen LogP contribution is -2.33. The summed E-state index contributed by atoms with van der Waals surface area (Å²) in [5.74, 6) is 1.35. The van der Waals surface area contributed by atoms with Crippen LogP contribution in [0, 0.1) is 5.92 Å². The lowest BCUT2D eigenvalue weighted by Gasteiger charge is -2.31. The molecule has 4 N–H and O–H groups in total. The summed E-state index contributed by atoms with van der Waals surface area (Å²) < 4.78 is 10.5. The van der Waals surface area contributed by atoms with E-state index in [0.29, 0.717) is 24.6 Å². The Kier molecular flexibility index (Phi) is 3.40. The molecule has 0 spiro atoms. The number of rotatable bonds is 3. The van der Waals surface area contributed by atoms with Crippen LogP contribution in [0.1, 0.15) is 11.7 Å². The highest BCUT2D eigenvalue weighted by molar-refractivity contribution is 5.67. The summed E-state index contributed by atoms with van der Waals surface area (Å²) >= 11 is 0. The maximum Gasteiger partial charge on any atom is 0.146 e. The lowest BCUT2D eigenvalue weighted by atomic mass is 9.90. The number of hydrogen-bond acceptors (Lipinski definition) is 5. The monoisotopic (exact) mass is 238 g/mol. The molecule has 0 saturated heterocycles. The third-order valence-corrected chi connectivity index (χ3v) is 3.17. The lowest BCUT2D eigenvalue weighted by molar-refractivity contribution is 0.114. The van der Waals surface area contributed by atoms with Gasteiger partial charge in [0.05, 0.1) is 26.0 Å². The molecule has 0 amide bonds. The Balaban J connectivity index is 2.47. The van der Waals surface area contributed by atoms with Crippen molar-refractivity contribution in [3.63, 3.8) is 0 Å². The average molecular weight is 238 g/mol. The summed E-state index contributed by atoms with van der Waals surface area (Å²) in [6.07, 6.45) is -0.583. The fraction of sp³-hybridized carbons (Fsp3) is 0.500. The van der Waals surface area contributed by atoms with E-state index in [1.54, 1.807) is 20.3 Å². The summed E-state index contributed by atoms with van der Waals surface area (Å²) in [6.45, 7) is 1.08. The van der Waals surface area contributed by atoms with E-state index in [9.17, 15) is 5.11 Å². The molecule has 1 heterocycles. The smallest absolute Gasteiger partial charge is 0.146 e. The van der Waals surface area contributed by atoms with Crippen LogP contribution in [0.4, 0.5) is 5.69 Å². The minimum atomic E-state index is -0.583. The minimum Gasteiger partial charge on any atom is -0.497 e. The number of aliphatic hydroxyl groups excluding tert-OH is 1. The van der Waals surface area contributed by atoms with Crippen LogP contribution >= 0.6 is 0 Å². The van der Waals surface area contributed by atoms with Crippen molar-refractivity contribution in [1.29, 1.82) is 0 Å². The first-order valence-corrected chi connectivity index (χ1v) is 5.59. The zero-order chi connectivity index (χ0) is 12.4. The van der Waals surface area contributed by atoms with E-state index in [4.69, 9.17) is 15.2 Å². The molecule has 1 aromatic rings. The van der Waals surface area contributed by atoms with Gasteiger partial charge < -0.3 is 25.6 Å². The molecule has 2 rings (SSSR count). The fourth-order valence-corrected chi connectivity index (χ4v) is 2.12. The van der Waals surface area contributed by atoms with E-state index >= 15 is 0 Å². The molecule has 1 aliphatic rings. The topological polar surface area (TPSA) is 76.7 Å². The summed E-state index contributed by atoms with van der Waals surface area (Å²) in [5.41, 5.74) is 7.23. The Hall–Kier alpha value is -1.46. The van der Waals surface area contributed by atoms with Gasteiger partial charge in [-0.05, 0) is 12.6 Å². The predicted molar refractivity (Wildman–Crippen MR) is 65.5 cm³/mol. The second-order valence-electron chi connectivity index (χ2n) is 4.12. The summed E-state index contributed by atoms with van der Waals surface area (Å²) in [7, 11) is 3.18. The van der Waals surface area contributed by atoms with Gasteiger partial charge in [0.15, 0.2) is 0 Å². The van der Waals surface area contributed by atoms with Crippen LogP contribution in [-0.2, 0) is 0 Å². The molecule has 0 fully saturated rings. The van der Waals surface area contributed by atoms with Crippen LogP contribution in [0.3, 0.4) is 0 Å². The number of ether oxygens (including phenoxy) is 2. The van der Waals surface area contributed by atoms with Gasteiger partial charge in [0, 0.05) is 24.1 Å². The van der Waals surface area contributed by atoms with E-state index in [0.717, 1.165) is 11.3 Å². The molecule has 0 aliphatic carbocycles. The Bertz CT molecular complexity index is 409. The van der Waals surface area contributed by atoms with Gasteiger partial charge in [0.25, 0.3) is 0 Å². The third kappa shape index (κ3) is 2.03. The zero-order valence-electron chi connectivity index (χ0n) is 10.1. The highest BCUT2D eigenvalue weighted by Crippen LogP contribution is 2.41. The molecule has 5 heteroatoms. The van der Waals surface area contributed by atoms with Crippen molar-refractivity contribution in [3.8, 4) is 11.5 Å². The van der Waals surface area contributed by atoms with Crippen LogP contribution in [-0.4, -0.2) is 32.4 Å². The standard InChI is InChI=1S/C12H18N2O3/c1-16-8-3-9-11(10(4-8)17-2)14-6-7(5-13)12(9)15/h3-4,7,12,14-15H,5-6,13H2,1-2H3. The van der Waals surface area contributed by atoms with E-state index in [2.05, 4.69) is 5.32 Å². The molecule has 94 valence electrons. The quantitative estimate of drug-likeness (QED) is 0.724. The number of fused-ring (bicyclic) bond motifs is 1. The van der Waals surface area contributed by atoms with Crippen molar-refractivity contribution in [2.75, 3.05) is 32.6 Å². The Morgan fingerprint density at radius 2 is 2.18 bits per heavy atom. The van der Waals surface area contributed by atoms with Crippen LogP contribution < -0.4 is 20.5 Å². The number of anilines is 1. The van der Waals surface area contributed by atoms with Gasteiger partial charge in [0.1, 0.15) is 11.5 Å². The van der Waals surface area contributed by atoms with Crippen LogP contribution in [0.2, 0.25) is 0 Å². The molecule has 2 unspecified atom stereocenters. The highest BCUT2D eigenvalue weighted by Gasteiger charge is 2.29. The van der Waals surface area contributed by atoms with Crippen molar-refractivity contribution < 1.29 is 14.6 Å². The van der Waals surface area contributed by atoms with E-state index in [-0.39, 0.29) is 5.92 Å². The predicted octanol–water partition coefficient (Wildman–Crippen LogP) is 0.738. The minimum absolute atomic E-state index is 0.0133. The number of benzene rings is 1. The first-order valence-electron chi connectivity index (χ1n) is 5.59. The molecule has 0 bridgehead atoms.